The van der Waals surface area contributed by atoms with Crippen LogP contribution < -0.4 is 16.4 Å². The first-order valence-electron chi connectivity index (χ1n) is 4.55. The van der Waals surface area contributed by atoms with Crippen molar-refractivity contribution in [3.05, 3.63) is 16.7 Å². The van der Waals surface area contributed by atoms with Crippen LogP contribution in [0.2, 0.25) is 0 Å². The van der Waals surface area contributed by atoms with Gasteiger partial charge in [-0.2, -0.15) is 0 Å². The highest BCUT2D eigenvalue weighted by Gasteiger charge is 2.03. The molecule has 5 nitrogen and oxygen atoms in total. The summed E-state index contributed by atoms with van der Waals surface area (Å²) in [6.07, 6.45) is 1.53. The number of hydrogen-bond acceptors (Lipinski definition) is 4. The molecule has 0 aliphatic heterocycles. The zero-order chi connectivity index (χ0) is 11.3. The van der Waals surface area contributed by atoms with Gasteiger partial charge in [-0.15, -0.1) is 0 Å². The third-order valence-corrected chi connectivity index (χ3v) is 2.26. The number of nitrogens with two attached hydrogens (primary N) is 1. The molecule has 6 heteroatoms. The maximum absolute atomic E-state index is 11.2. The molecule has 4 N–H and O–H groups in total. The quantitative estimate of drug-likeness (QED) is 0.763. The Morgan fingerprint density at radius 1 is 1.67 bits per heavy atom. The average molecular weight is 273 g/mol. The number of anilines is 2. The zero-order valence-electron chi connectivity index (χ0n) is 8.38. The second kappa shape index (κ2) is 5.55. The van der Waals surface area contributed by atoms with Gasteiger partial charge in [-0.25, -0.2) is 4.98 Å². The van der Waals surface area contributed by atoms with Crippen LogP contribution in [0.15, 0.2) is 16.7 Å². The number of aromatic nitrogens is 1. The van der Waals surface area contributed by atoms with Gasteiger partial charge in [-0.1, -0.05) is 0 Å². The van der Waals surface area contributed by atoms with Gasteiger partial charge in [0.2, 0.25) is 5.91 Å². The predicted octanol–water partition coefficient (Wildman–Crippen LogP) is 0.974. The third kappa shape index (κ3) is 3.75. The molecule has 15 heavy (non-hydrogen) atoms. The summed E-state index contributed by atoms with van der Waals surface area (Å²) in [6.45, 7) is 2.69. The molecule has 0 radical (unpaired) electrons. The van der Waals surface area contributed by atoms with E-state index in [2.05, 4.69) is 31.5 Å². The summed E-state index contributed by atoms with van der Waals surface area (Å²) < 4.78 is 0.742. The highest BCUT2D eigenvalue weighted by Crippen LogP contribution is 2.21. The van der Waals surface area contributed by atoms with Crippen molar-refractivity contribution in [2.24, 2.45) is 0 Å². The minimum absolute atomic E-state index is 0.0666. The van der Waals surface area contributed by atoms with Crippen LogP contribution in [-0.4, -0.2) is 24.0 Å². The molecule has 0 aliphatic rings. The van der Waals surface area contributed by atoms with Gasteiger partial charge < -0.3 is 16.4 Å². The number of nitrogen functional groups attached to an aromatic ring is 1. The normalized spacial score (nSPS) is 9.73. The van der Waals surface area contributed by atoms with Crippen molar-refractivity contribution in [3.8, 4) is 0 Å². The van der Waals surface area contributed by atoms with E-state index >= 15 is 0 Å². The standard InChI is InChI=1S/C9H13BrN4O/c1-2-12-8(15)5-14-9-7(10)3-6(11)4-13-9/h3-4H,2,5,11H2,1H3,(H,12,15)(H,13,14). The summed E-state index contributed by atoms with van der Waals surface area (Å²) in [6, 6.07) is 1.73. The molecule has 0 aromatic carbocycles. The minimum Gasteiger partial charge on any atom is -0.397 e. The van der Waals surface area contributed by atoms with E-state index in [1.54, 1.807) is 6.07 Å². The lowest BCUT2D eigenvalue weighted by Gasteiger charge is -2.07. The van der Waals surface area contributed by atoms with Gasteiger partial charge in [-0.05, 0) is 28.9 Å². The molecule has 0 fully saturated rings. The molecule has 0 spiro atoms. The molecule has 0 saturated carbocycles. The number of amides is 1. The zero-order valence-corrected chi connectivity index (χ0v) is 9.97. The van der Waals surface area contributed by atoms with Gasteiger partial charge in [0.25, 0.3) is 0 Å². The molecule has 0 aliphatic carbocycles. The van der Waals surface area contributed by atoms with Gasteiger partial charge in [-0.3, -0.25) is 4.79 Å². The van der Waals surface area contributed by atoms with E-state index in [0.717, 1.165) is 4.47 Å². The Morgan fingerprint density at radius 2 is 2.40 bits per heavy atom. The molecule has 1 heterocycles. The van der Waals surface area contributed by atoms with Gasteiger partial charge in [0.15, 0.2) is 0 Å². The molecule has 0 unspecified atom stereocenters. The summed E-state index contributed by atoms with van der Waals surface area (Å²) in [7, 11) is 0. The Labute approximate surface area is 96.6 Å². The summed E-state index contributed by atoms with van der Waals surface area (Å²) in [5.41, 5.74) is 6.11. The van der Waals surface area contributed by atoms with Crippen molar-refractivity contribution >= 4 is 33.3 Å². The molecule has 1 amide bonds. The Bertz CT molecular complexity index is 356. The number of pyridine rings is 1. The highest BCUT2D eigenvalue weighted by atomic mass is 79.9. The minimum atomic E-state index is -0.0666. The van der Waals surface area contributed by atoms with Gasteiger partial charge >= 0.3 is 0 Å². The monoisotopic (exact) mass is 272 g/mol. The number of nitrogens with one attached hydrogen (secondary N) is 2. The number of carbonyl (C=O) groups is 1. The first-order chi connectivity index (χ1) is 7.13. The molecular weight excluding hydrogens is 260 g/mol. The number of rotatable bonds is 4. The SMILES string of the molecule is CCNC(=O)CNc1ncc(N)cc1Br. The van der Waals surface area contributed by atoms with Crippen LogP contribution in [0.25, 0.3) is 0 Å². The first kappa shape index (κ1) is 11.8. The number of hydrogen-bond donors (Lipinski definition) is 3. The van der Waals surface area contributed by atoms with E-state index < -0.39 is 0 Å². The van der Waals surface area contributed by atoms with Crippen LogP contribution in [0.4, 0.5) is 11.5 Å². The fourth-order valence-corrected chi connectivity index (χ4v) is 1.51. The van der Waals surface area contributed by atoms with Crippen LogP contribution in [0.5, 0.6) is 0 Å². The van der Waals surface area contributed by atoms with E-state index in [1.165, 1.54) is 6.20 Å². The third-order valence-electron chi connectivity index (χ3n) is 1.65. The second-order valence-corrected chi connectivity index (χ2v) is 3.76. The van der Waals surface area contributed by atoms with E-state index in [1.807, 2.05) is 6.92 Å². The fourth-order valence-electron chi connectivity index (χ4n) is 1.01. The topological polar surface area (TPSA) is 80.0 Å². The first-order valence-corrected chi connectivity index (χ1v) is 5.34. The Kier molecular flexibility index (Phi) is 4.36. The van der Waals surface area contributed by atoms with Crippen molar-refractivity contribution in [3.63, 3.8) is 0 Å². The molecule has 1 rings (SSSR count). The summed E-state index contributed by atoms with van der Waals surface area (Å²) in [5.74, 6) is 0.540. The van der Waals surface area contributed by atoms with Gasteiger partial charge in [0, 0.05) is 6.54 Å². The van der Waals surface area contributed by atoms with Crippen molar-refractivity contribution in [1.82, 2.24) is 10.3 Å². The van der Waals surface area contributed by atoms with Crippen molar-refractivity contribution in [2.45, 2.75) is 6.92 Å². The van der Waals surface area contributed by atoms with E-state index in [9.17, 15) is 4.79 Å². The summed E-state index contributed by atoms with van der Waals surface area (Å²) >= 11 is 3.30. The van der Waals surface area contributed by atoms with Gasteiger partial charge in [0.1, 0.15) is 5.82 Å². The highest BCUT2D eigenvalue weighted by molar-refractivity contribution is 9.10. The van der Waals surface area contributed by atoms with Crippen LogP contribution in [0.1, 0.15) is 6.92 Å². The number of carbonyl (C=O) groups excluding carboxylic acids is 1. The maximum Gasteiger partial charge on any atom is 0.239 e. The molecule has 0 bridgehead atoms. The molecule has 1 aromatic rings. The molecule has 82 valence electrons. The van der Waals surface area contributed by atoms with Crippen molar-refractivity contribution < 1.29 is 4.79 Å². The number of halogens is 1. The largest absolute Gasteiger partial charge is 0.397 e. The lowest BCUT2D eigenvalue weighted by Crippen LogP contribution is -2.29. The molecular formula is C9H13BrN4O. The smallest absolute Gasteiger partial charge is 0.239 e. The maximum atomic E-state index is 11.2. The Morgan fingerprint density at radius 3 is 3.00 bits per heavy atom. The van der Waals surface area contributed by atoms with E-state index in [4.69, 9.17) is 5.73 Å². The van der Waals surface area contributed by atoms with Crippen LogP contribution in [-0.2, 0) is 4.79 Å². The lowest BCUT2D eigenvalue weighted by atomic mass is 10.4. The summed E-state index contributed by atoms with van der Waals surface area (Å²) in [5, 5.41) is 5.58. The predicted molar refractivity (Wildman–Crippen MR) is 63.5 cm³/mol. The Hall–Kier alpha value is -1.30. The van der Waals surface area contributed by atoms with Crippen molar-refractivity contribution in [1.29, 1.82) is 0 Å². The van der Waals surface area contributed by atoms with Crippen LogP contribution in [0.3, 0.4) is 0 Å². The second-order valence-electron chi connectivity index (χ2n) is 2.91. The number of likely N-dealkylation sites (N-methyl/N-ethyl adjacent to an activating group) is 1. The van der Waals surface area contributed by atoms with Crippen LogP contribution >= 0.6 is 15.9 Å². The lowest BCUT2D eigenvalue weighted by molar-refractivity contribution is -0.119. The number of nitrogens with zero attached hydrogens (tertiary/aromatic N) is 1. The average Bonchev–Trinajstić information content (AvgIpc) is 2.17. The fraction of sp³-hybridized carbons (Fsp3) is 0.333. The molecule has 1 aromatic heterocycles. The Balaban J connectivity index is 2.54. The van der Waals surface area contributed by atoms with Crippen molar-refractivity contribution in [2.75, 3.05) is 24.1 Å². The van der Waals surface area contributed by atoms with E-state index in [-0.39, 0.29) is 12.5 Å². The van der Waals surface area contributed by atoms with Crippen LogP contribution in [0, 0.1) is 0 Å². The summed E-state index contributed by atoms with van der Waals surface area (Å²) in [4.78, 5) is 15.2. The van der Waals surface area contributed by atoms with Gasteiger partial charge in [0.05, 0.1) is 22.9 Å². The molecule has 0 saturated heterocycles. The van der Waals surface area contributed by atoms with E-state index in [0.29, 0.717) is 18.1 Å². The molecule has 0 atom stereocenters.